The van der Waals surface area contributed by atoms with Gasteiger partial charge in [-0.05, 0) is 18.9 Å². The number of aromatic nitrogens is 5. The number of hydrogen-bond donors (Lipinski definition) is 1. The summed E-state index contributed by atoms with van der Waals surface area (Å²) < 4.78 is 1.83. The first kappa shape index (κ1) is 10.9. The van der Waals surface area contributed by atoms with Crippen LogP contribution in [-0.2, 0) is 0 Å². The van der Waals surface area contributed by atoms with E-state index in [1.165, 1.54) is 36.8 Å². The Kier molecular flexibility index (Phi) is 2.28. The maximum atomic E-state index is 9.47. The van der Waals surface area contributed by atoms with Crippen LogP contribution in [0.1, 0.15) is 31.0 Å². The second-order valence-corrected chi connectivity index (χ2v) is 5.68. The molecule has 0 aromatic carbocycles. The van der Waals surface area contributed by atoms with Crippen molar-refractivity contribution in [2.45, 2.75) is 25.2 Å². The first-order valence-corrected chi connectivity index (χ1v) is 6.99. The lowest BCUT2D eigenvalue weighted by Crippen LogP contribution is -2.12. The van der Waals surface area contributed by atoms with Gasteiger partial charge in [0.05, 0.1) is 6.20 Å². The van der Waals surface area contributed by atoms with E-state index in [0.29, 0.717) is 5.92 Å². The highest BCUT2D eigenvalue weighted by atomic mass is 32.1. The molecule has 0 unspecified atom stereocenters. The number of fused-ring (bicyclic) bond motifs is 1. The van der Waals surface area contributed by atoms with E-state index in [1.807, 2.05) is 4.52 Å². The Hall–Kier alpha value is -2.02. The van der Waals surface area contributed by atoms with E-state index in [1.54, 1.807) is 12.3 Å². The third-order valence-corrected chi connectivity index (χ3v) is 4.40. The lowest BCUT2D eigenvalue weighted by molar-refractivity contribution is 0.395. The molecule has 3 aromatic heterocycles. The zero-order chi connectivity index (χ0) is 12.8. The molecule has 0 spiro atoms. The van der Waals surface area contributed by atoms with Crippen LogP contribution in [0.2, 0.25) is 0 Å². The molecule has 96 valence electrons. The van der Waals surface area contributed by atoms with Crippen molar-refractivity contribution in [3.8, 4) is 16.3 Å². The van der Waals surface area contributed by atoms with E-state index >= 15 is 0 Å². The molecule has 0 aliphatic heterocycles. The molecular weight excluding hydrogens is 262 g/mol. The van der Waals surface area contributed by atoms with Crippen molar-refractivity contribution >= 4 is 16.3 Å². The zero-order valence-corrected chi connectivity index (χ0v) is 10.8. The minimum atomic E-state index is 0.141. The minimum absolute atomic E-state index is 0.141. The topological polar surface area (TPSA) is 76.2 Å². The molecule has 1 saturated carbocycles. The number of hydrogen-bond acceptors (Lipinski definition) is 6. The highest BCUT2D eigenvalue weighted by Crippen LogP contribution is 2.36. The van der Waals surface area contributed by atoms with E-state index in [0.717, 1.165) is 21.4 Å². The third-order valence-electron chi connectivity index (χ3n) is 3.46. The molecule has 1 aliphatic rings. The lowest BCUT2D eigenvalue weighted by atomic mass is 9.85. The van der Waals surface area contributed by atoms with Gasteiger partial charge in [-0.15, -0.1) is 10.2 Å². The summed E-state index contributed by atoms with van der Waals surface area (Å²) in [6, 6.07) is 1.65. The molecule has 0 amide bonds. The third kappa shape index (κ3) is 1.69. The van der Waals surface area contributed by atoms with Gasteiger partial charge in [0.15, 0.2) is 5.82 Å². The van der Waals surface area contributed by atoms with Crippen LogP contribution in [0.25, 0.3) is 15.5 Å². The molecule has 19 heavy (non-hydrogen) atoms. The maximum absolute atomic E-state index is 9.47. The monoisotopic (exact) mass is 273 g/mol. The maximum Gasteiger partial charge on any atom is 0.234 e. The van der Waals surface area contributed by atoms with Crippen molar-refractivity contribution in [3.63, 3.8) is 0 Å². The van der Waals surface area contributed by atoms with Gasteiger partial charge < -0.3 is 5.11 Å². The molecule has 3 aromatic rings. The predicted molar refractivity (Wildman–Crippen MR) is 70.1 cm³/mol. The Labute approximate surface area is 112 Å². The van der Waals surface area contributed by atoms with Crippen molar-refractivity contribution in [1.29, 1.82) is 0 Å². The quantitative estimate of drug-likeness (QED) is 0.774. The molecule has 3 heterocycles. The van der Waals surface area contributed by atoms with E-state index in [-0.39, 0.29) is 5.75 Å². The van der Waals surface area contributed by atoms with Gasteiger partial charge in [0.2, 0.25) is 4.96 Å². The van der Waals surface area contributed by atoms with Crippen molar-refractivity contribution in [2.24, 2.45) is 0 Å². The van der Waals surface area contributed by atoms with Crippen LogP contribution in [0.4, 0.5) is 0 Å². The Morgan fingerprint density at radius 3 is 2.89 bits per heavy atom. The van der Waals surface area contributed by atoms with Gasteiger partial charge in [-0.25, -0.2) is 0 Å². The van der Waals surface area contributed by atoms with E-state index < -0.39 is 0 Å². The summed E-state index contributed by atoms with van der Waals surface area (Å²) in [6.45, 7) is 0. The molecule has 1 fully saturated rings. The van der Waals surface area contributed by atoms with E-state index in [2.05, 4.69) is 20.3 Å². The van der Waals surface area contributed by atoms with Crippen molar-refractivity contribution in [3.05, 3.63) is 24.3 Å². The molecule has 0 atom stereocenters. The average Bonchev–Trinajstić information content (AvgIpc) is 2.89. The first-order valence-electron chi connectivity index (χ1n) is 6.18. The summed E-state index contributed by atoms with van der Waals surface area (Å²) in [5.74, 6) is 1.59. The summed E-state index contributed by atoms with van der Waals surface area (Å²) in [5.41, 5.74) is 0.801. The van der Waals surface area contributed by atoms with Crippen LogP contribution in [0.15, 0.2) is 18.5 Å². The van der Waals surface area contributed by atoms with Crippen LogP contribution in [-0.4, -0.2) is 29.9 Å². The summed E-state index contributed by atoms with van der Waals surface area (Å²) in [6.07, 6.45) is 6.69. The fourth-order valence-corrected chi connectivity index (χ4v) is 3.04. The molecule has 7 heteroatoms. The summed E-state index contributed by atoms with van der Waals surface area (Å²) >= 11 is 1.46. The SMILES string of the molecule is Oc1cncc(-c2nn3c(C4CCC4)nnc3s2)c1. The number of aromatic hydroxyl groups is 1. The molecule has 6 nitrogen and oxygen atoms in total. The van der Waals surface area contributed by atoms with Gasteiger partial charge >= 0.3 is 0 Å². The Bertz CT molecular complexity index is 746. The van der Waals surface area contributed by atoms with Gasteiger partial charge in [0.25, 0.3) is 0 Å². The van der Waals surface area contributed by atoms with Crippen LogP contribution in [0, 0.1) is 0 Å². The summed E-state index contributed by atoms with van der Waals surface area (Å²) in [7, 11) is 0. The fourth-order valence-electron chi connectivity index (χ4n) is 2.21. The van der Waals surface area contributed by atoms with Crippen LogP contribution in [0.3, 0.4) is 0 Å². The molecule has 0 bridgehead atoms. The Balaban J connectivity index is 1.81. The minimum Gasteiger partial charge on any atom is -0.506 e. The zero-order valence-electron chi connectivity index (χ0n) is 10.0. The van der Waals surface area contributed by atoms with Crippen LogP contribution < -0.4 is 0 Å². The number of nitrogens with zero attached hydrogens (tertiary/aromatic N) is 5. The highest BCUT2D eigenvalue weighted by molar-refractivity contribution is 7.19. The van der Waals surface area contributed by atoms with Gasteiger partial charge in [-0.2, -0.15) is 9.61 Å². The molecule has 1 N–H and O–H groups in total. The molecule has 1 aliphatic carbocycles. The highest BCUT2D eigenvalue weighted by Gasteiger charge is 2.26. The average molecular weight is 273 g/mol. The standard InChI is InChI=1S/C12H11N5OS/c18-9-4-8(5-13-6-9)11-16-17-10(7-2-1-3-7)14-15-12(17)19-11/h4-7,18H,1-3H2. The fraction of sp³-hybridized carbons (Fsp3) is 0.333. The first-order chi connectivity index (χ1) is 9.31. The van der Waals surface area contributed by atoms with E-state index in [4.69, 9.17) is 0 Å². The van der Waals surface area contributed by atoms with Crippen molar-refractivity contribution in [2.75, 3.05) is 0 Å². The normalized spacial score (nSPS) is 15.8. The smallest absolute Gasteiger partial charge is 0.234 e. The summed E-state index contributed by atoms with van der Waals surface area (Å²) in [5, 5.41) is 23.2. The van der Waals surface area contributed by atoms with Crippen LogP contribution >= 0.6 is 11.3 Å². The van der Waals surface area contributed by atoms with Crippen LogP contribution in [0.5, 0.6) is 5.75 Å². The summed E-state index contributed by atoms with van der Waals surface area (Å²) in [4.78, 5) is 4.76. The molecule has 0 saturated heterocycles. The van der Waals surface area contributed by atoms with Gasteiger partial charge in [-0.3, -0.25) is 4.98 Å². The van der Waals surface area contributed by atoms with Crippen molar-refractivity contribution < 1.29 is 5.11 Å². The molecule has 0 radical (unpaired) electrons. The second-order valence-electron chi connectivity index (χ2n) is 4.72. The van der Waals surface area contributed by atoms with Gasteiger partial charge in [-0.1, -0.05) is 17.8 Å². The second kappa shape index (κ2) is 3.99. The largest absolute Gasteiger partial charge is 0.506 e. The predicted octanol–water partition coefficient (Wildman–Crippen LogP) is 2.22. The van der Waals surface area contributed by atoms with Gasteiger partial charge in [0, 0.05) is 17.7 Å². The lowest BCUT2D eigenvalue weighted by Gasteiger charge is -2.22. The van der Waals surface area contributed by atoms with E-state index in [9.17, 15) is 5.11 Å². The Morgan fingerprint density at radius 1 is 1.26 bits per heavy atom. The molecule has 4 rings (SSSR count). The number of pyridine rings is 1. The number of rotatable bonds is 2. The van der Waals surface area contributed by atoms with Gasteiger partial charge in [0.1, 0.15) is 10.8 Å². The molecular formula is C12H11N5OS. The van der Waals surface area contributed by atoms with Crippen molar-refractivity contribution in [1.82, 2.24) is 24.8 Å². The Morgan fingerprint density at radius 2 is 2.16 bits per heavy atom.